The van der Waals surface area contributed by atoms with E-state index < -0.39 is 0 Å². The van der Waals surface area contributed by atoms with Crippen LogP contribution in [0.3, 0.4) is 0 Å². The van der Waals surface area contributed by atoms with Crippen LogP contribution in [0, 0.1) is 0 Å². The normalized spacial score (nSPS) is 11.0. The van der Waals surface area contributed by atoms with Crippen LogP contribution in [0.1, 0.15) is 0 Å². The zero-order valence-corrected chi connectivity index (χ0v) is 13.4. The van der Waals surface area contributed by atoms with Crippen molar-refractivity contribution in [3.63, 3.8) is 0 Å². The molecular weight excluding hydrogens is 336 g/mol. The summed E-state index contributed by atoms with van der Waals surface area (Å²) in [5.74, 6) is 0. The molecule has 0 radical (unpaired) electrons. The Labute approximate surface area is 137 Å². The quantitative estimate of drug-likeness (QED) is 0.472. The van der Waals surface area contributed by atoms with Gasteiger partial charge in [-0.2, -0.15) is 0 Å². The Balaban J connectivity index is 2.07. The zero-order valence-electron chi connectivity index (χ0n) is 11.8. The highest BCUT2D eigenvalue weighted by Crippen LogP contribution is 2.33. The molecule has 0 aliphatic carbocycles. The third-order valence-corrected chi connectivity index (χ3v) is 4.17. The lowest BCUT2D eigenvalue weighted by Crippen LogP contribution is -1.89. The summed E-state index contributed by atoms with van der Waals surface area (Å²) in [6.45, 7) is 0. The maximum Gasteiger partial charge on any atom is 0.137 e. The summed E-state index contributed by atoms with van der Waals surface area (Å²) in [6.07, 6.45) is 2.06. The summed E-state index contributed by atoms with van der Waals surface area (Å²) in [6, 6.07) is 24.7. The van der Waals surface area contributed by atoms with Crippen molar-refractivity contribution >= 4 is 21.6 Å². The summed E-state index contributed by atoms with van der Waals surface area (Å²) < 4.78 is 3.21. The molecule has 2 heterocycles. The van der Waals surface area contributed by atoms with Crippen LogP contribution < -0.4 is 0 Å². The van der Waals surface area contributed by atoms with Gasteiger partial charge in [0.1, 0.15) is 5.65 Å². The number of benzene rings is 2. The minimum absolute atomic E-state index is 0.955. The number of pyridine rings is 1. The van der Waals surface area contributed by atoms with E-state index >= 15 is 0 Å². The van der Waals surface area contributed by atoms with Crippen molar-refractivity contribution in [1.29, 1.82) is 0 Å². The van der Waals surface area contributed by atoms with Crippen molar-refractivity contribution in [3.05, 3.63) is 83.5 Å². The van der Waals surface area contributed by atoms with Crippen LogP contribution in [-0.2, 0) is 0 Å². The van der Waals surface area contributed by atoms with Crippen LogP contribution in [0.5, 0.6) is 0 Å². The van der Waals surface area contributed by atoms with Gasteiger partial charge in [-0.25, -0.2) is 4.98 Å². The van der Waals surface area contributed by atoms with Crippen LogP contribution in [0.15, 0.2) is 83.5 Å². The average Bonchev–Trinajstić information content (AvgIpc) is 2.95. The van der Waals surface area contributed by atoms with E-state index in [1.165, 1.54) is 0 Å². The van der Waals surface area contributed by atoms with E-state index in [-0.39, 0.29) is 0 Å². The fourth-order valence-electron chi connectivity index (χ4n) is 2.70. The highest BCUT2D eigenvalue weighted by Gasteiger charge is 2.15. The molecule has 106 valence electrons. The van der Waals surface area contributed by atoms with Crippen molar-refractivity contribution in [2.75, 3.05) is 0 Å². The fraction of sp³-hybridized carbons (Fsp3) is 0. The molecule has 3 heteroatoms. The van der Waals surface area contributed by atoms with Crippen molar-refractivity contribution in [1.82, 2.24) is 9.38 Å². The summed E-state index contributed by atoms with van der Waals surface area (Å²) in [4.78, 5) is 4.84. The molecule has 2 nitrogen and oxygen atoms in total. The van der Waals surface area contributed by atoms with Crippen LogP contribution in [0.2, 0.25) is 0 Å². The summed E-state index contributed by atoms with van der Waals surface area (Å²) in [5.41, 5.74) is 5.34. The molecule has 0 aliphatic rings. The molecule has 0 saturated carbocycles. The number of nitrogens with zero attached hydrogens (tertiary/aromatic N) is 2. The Morgan fingerprint density at radius 1 is 0.773 bits per heavy atom. The van der Waals surface area contributed by atoms with Crippen molar-refractivity contribution in [2.24, 2.45) is 0 Å². The first-order valence-electron chi connectivity index (χ1n) is 7.11. The summed E-state index contributed by atoms with van der Waals surface area (Å²) in [7, 11) is 0. The largest absolute Gasteiger partial charge is 0.299 e. The summed E-state index contributed by atoms with van der Waals surface area (Å²) in [5, 5.41) is 0. The van der Waals surface area contributed by atoms with E-state index in [1.807, 2.05) is 42.5 Å². The lowest BCUT2D eigenvalue weighted by molar-refractivity contribution is 1.19. The molecule has 0 saturated heterocycles. The smallest absolute Gasteiger partial charge is 0.137 e. The maximum absolute atomic E-state index is 4.84. The molecule has 0 amide bonds. The van der Waals surface area contributed by atoms with Gasteiger partial charge in [-0.1, -0.05) is 64.5 Å². The molecule has 22 heavy (non-hydrogen) atoms. The SMILES string of the molecule is Brc1cccc(-c2c(-c3ccccc3)nc3ccccn23)c1. The van der Waals surface area contributed by atoms with E-state index in [1.54, 1.807) is 0 Å². The second kappa shape index (κ2) is 5.43. The first-order chi connectivity index (χ1) is 10.8. The van der Waals surface area contributed by atoms with Gasteiger partial charge in [0.2, 0.25) is 0 Å². The third-order valence-electron chi connectivity index (χ3n) is 3.68. The molecule has 0 N–H and O–H groups in total. The zero-order chi connectivity index (χ0) is 14.9. The lowest BCUT2D eigenvalue weighted by atomic mass is 10.1. The van der Waals surface area contributed by atoms with Gasteiger partial charge in [0.25, 0.3) is 0 Å². The molecule has 0 unspecified atom stereocenters. The molecule has 4 rings (SSSR count). The van der Waals surface area contributed by atoms with E-state index in [0.717, 1.165) is 32.6 Å². The average molecular weight is 349 g/mol. The third kappa shape index (κ3) is 2.24. The predicted octanol–water partition coefficient (Wildman–Crippen LogP) is 5.43. The van der Waals surface area contributed by atoms with Gasteiger partial charge in [-0.3, -0.25) is 4.40 Å². The van der Waals surface area contributed by atoms with E-state index in [2.05, 4.69) is 56.9 Å². The Bertz CT molecular complexity index is 942. The van der Waals surface area contributed by atoms with Crippen molar-refractivity contribution < 1.29 is 0 Å². The van der Waals surface area contributed by atoms with Gasteiger partial charge < -0.3 is 0 Å². The van der Waals surface area contributed by atoms with E-state index in [0.29, 0.717) is 0 Å². The molecule has 2 aromatic carbocycles. The van der Waals surface area contributed by atoms with Crippen molar-refractivity contribution in [2.45, 2.75) is 0 Å². The molecule has 0 atom stereocenters. The van der Waals surface area contributed by atoms with Crippen LogP contribution in [0.25, 0.3) is 28.2 Å². The second-order valence-electron chi connectivity index (χ2n) is 5.11. The Morgan fingerprint density at radius 3 is 2.36 bits per heavy atom. The Morgan fingerprint density at radius 2 is 1.55 bits per heavy atom. The highest BCUT2D eigenvalue weighted by atomic mass is 79.9. The molecule has 0 spiro atoms. The number of halogens is 1. The van der Waals surface area contributed by atoms with Crippen molar-refractivity contribution in [3.8, 4) is 22.5 Å². The molecule has 0 bridgehead atoms. The number of hydrogen-bond acceptors (Lipinski definition) is 1. The van der Waals surface area contributed by atoms with E-state index in [9.17, 15) is 0 Å². The standard InChI is InChI=1S/C19H13BrN2/c20-16-10-6-9-15(13-16)19-18(14-7-2-1-3-8-14)21-17-11-4-5-12-22(17)19/h1-13H. The van der Waals surface area contributed by atoms with E-state index in [4.69, 9.17) is 4.98 Å². The monoisotopic (exact) mass is 348 g/mol. The molecule has 4 aromatic rings. The minimum Gasteiger partial charge on any atom is -0.299 e. The Kier molecular flexibility index (Phi) is 3.28. The number of hydrogen-bond donors (Lipinski definition) is 0. The molecule has 0 fully saturated rings. The highest BCUT2D eigenvalue weighted by molar-refractivity contribution is 9.10. The fourth-order valence-corrected chi connectivity index (χ4v) is 3.10. The number of imidazole rings is 1. The molecule has 0 aliphatic heterocycles. The number of aromatic nitrogens is 2. The number of rotatable bonds is 2. The first-order valence-corrected chi connectivity index (χ1v) is 7.91. The van der Waals surface area contributed by atoms with Crippen LogP contribution >= 0.6 is 15.9 Å². The summed E-state index contributed by atoms with van der Waals surface area (Å²) >= 11 is 3.56. The lowest BCUT2D eigenvalue weighted by Gasteiger charge is -2.06. The first kappa shape index (κ1) is 13.3. The molecule has 2 aromatic heterocycles. The second-order valence-corrected chi connectivity index (χ2v) is 6.03. The van der Waals surface area contributed by atoms with Gasteiger partial charge in [-0.15, -0.1) is 0 Å². The number of fused-ring (bicyclic) bond motifs is 1. The Hall–Kier alpha value is -2.39. The van der Waals surface area contributed by atoms with Gasteiger partial charge in [0.15, 0.2) is 0 Å². The topological polar surface area (TPSA) is 17.3 Å². The minimum atomic E-state index is 0.955. The predicted molar refractivity (Wildman–Crippen MR) is 93.8 cm³/mol. The van der Waals surface area contributed by atoms with Gasteiger partial charge >= 0.3 is 0 Å². The van der Waals surface area contributed by atoms with Gasteiger partial charge in [-0.05, 0) is 24.3 Å². The van der Waals surface area contributed by atoms with Gasteiger partial charge in [0.05, 0.1) is 11.4 Å². The molecular formula is C19H13BrN2. The van der Waals surface area contributed by atoms with Crippen LogP contribution in [-0.4, -0.2) is 9.38 Å². The van der Waals surface area contributed by atoms with Gasteiger partial charge in [0, 0.05) is 21.8 Å². The maximum atomic E-state index is 4.84. The van der Waals surface area contributed by atoms with Crippen LogP contribution in [0.4, 0.5) is 0 Å².